The van der Waals surface area contributed by atoms with Crippen LogP contribution in [0, 0.1) is 0 Å². The molecule has 1 aliphatic rings. The van der Waals surface area contributed by atoms with Crippen LogP contribution < -0.4 is 4.90 Å². The monoisotopic (exact) mass is 742 g/mol. The van der Waals surface area contributed by atoms with Gasteiger partial charge in [-0.25, -0.2) is 0 Å². The summed E-state index contributed by atoms with van der Waals surface area (Å²) in [5.41, 5.74) is 13.9. The summed E-state index contributed by atoms with van der Waals surface area (Å²) in [6, 6.07) is 54.9. The molecule has 2 nitrogen and oxygen atoms in total. The topological polar surface area (TPSA) is 15.6 Å². The number of para-hydroxylation sites is 1. The Morgan fingerprint density at radius 3 is 2.05 bits per heavy atom. The summed E-state index contributed by atoms with van der Waals surface area (Å²) in [7, 11) is 0.656. The van der Waals surface area contributed by atoms with Gasteiger partial charge in [0, 0.05) is 33.5 Å². The second kappa shape index (κ2) is 14.9. The zero-order valence-corrected chi connectivity index (χ0v) is 33.5. The lowest BCUT2D eigenvalue weighted by atomic mass is 9.71. The predicted octanol–water partition coefficient (Wildman–Crippen LogP) is 15.8. The van der Waals surface area contributed by atoms with Crippen molar-refractivity contribution in [1.29, 1.82) is 0 Å². The van der Waals surface area contributed by atoms with Crippen molar-refractivity contribution in [2.24, 2.45) is 4.99 Å². The number of hydrogen-bond donors (Lipinski definition) is 0. The molecule has 1 atom stereocenters. The van der Waals surface area contributed by atoms with Gasteiger partial charge in [0.25, 0.3) is 0 Å². The van der Waals surface area contributed by atoms with E-state index in [0.29, 0.717) is 8.19 Å². The molecule has 1 unspecified atom stereocenters. The minimum Gasteiger partial charge on any atom is -0.310 e. The first-order valence-corrected chi connectivity index (χ1v) is 21.0. The Hall–Kier alpha value is -5.95. The normalized spacial score (nSPS) is 13.6. The molecular weight excluding hydrogens is 696 g/mol. The Labute approximate surface area is 332 Å². The van der Waals surface area contributed by atoms with Gasteiger partial charge in [0.15, 0.2) is 0 Å². The smallest absolute Gasteiger partial charge is 0.0543 e. The summed E-state index contributed by atoms with van der Waals surface area (Å²) in [5, 5.41) is 8.19. The number of benzene rings is 7. The van der Waals surface area contributed by atoms with Crippen LogP contribution in [-0.2, 0) is 5.41 Å². The van der Waals surface area contributed by atoms with Crippen molar-refractivity contribution >= 4 is 69.3 Å². The molecule has 1 heterocycles. The maximum atomic E-state index is 4.05. The molecule has 0 aliphatic heterocycles. The van der Waals surface area contributed by atoms with Crippen LogP contribution in [0.5, 0.6) is 0 Å². The minimum atomic E-state index is -0.107. The van der Waals surface area contributed by atoms with E-state index in [-0.39, 0.29) is 5.41 Å². The van der Waals surface area contributed by atoms with E-state index in [1.807, 2.05) is 19.2 Å². The number of aliphatic imine (C=N–C) groups is 1. The van der Waals surface area contributed by atoms with Gasteiger partial charge in [-0.2, -0.15) is 0 Å². The van der Waals surface area contributed by atoms with Gasteiger partial charge in [-0.05, 0) is 129 Å². The maximum absolute atomic E-state index is 4.05. The van der Waals surface area contributed by atoms with Gasteiger partial charge < -0.3 is 4.90 Å². The fraction of sp³-hybridized carbons (Fsp3) is 0.151. The highest BCUT2D eigenvalue weighted by Gasteiger charge is 2.43. The molecule has 0 saturated carbocycles. The highest BCUT2D eigenvalue weighted by atomic mass is 31.0. The molecule has 1 aromatic heterocycles. The number of allylic oxidation sites excluding steroid dienone is 3. The van der Waals surface area contributed by atoms with Gasteiger partial charge in [0.05, 0.1) is 5.69 Å². The summed E-state index contributed by atoms with van der Waals surface area (Å²) in [5.74, 6) is 0. The largest absolute Gasteiger partial charge is 0.310 e. The summed E-state index contributed by atoms with van der Waals surface area (Å²) in [4.78, 5) is 6.57. The number of hydrogen-bond acceptors (Lipinski definition) is 2. The Balaban J connectivity index is 1.26. The van der Waals surface area contributed by atoms with Crippen molar-refractivity contribution < 1.29 is 0 Å². The molecule has 0 radical (unpaired) electrons. The Kier molecular flexibility index (Phi) is 9.54. The summed E-state index contributed by atoms with van der Waals surface area (Å²) < 4.78 is 0. The van der Waals surface area contributed by atoms with Gasteiger partial charge >= 0.3 is 0 Å². The molecule has 3 heteroatoms. The molecule has 1 aliphatic carbocycles. The molecule has 8 aromatic rings. The van der Waals surface area contributed by atoms with E-state index < -0.39 is 0 Å². The summed E-state index contributed by atoms with van der Waals surface area (Å²) >= 11 is 0. The third-order valence-corrected chi connectivity index (χ3v) is 13.2. The van der Waals surface area contributed by atoms with E-state index in [1.54, 1.807) is 0 Å². The van der Waals surface area contributed by atoms with Crippen LogP contribution in [0.4, 0.5) is 17.1 Å². The van der Waals surface area contributed by atoms with Crippen molar-refractivity contribution in [2.45, 2.75) is 51.9 Å². The minimum absolute atomic E-state index is 0.107. The molecule has 56 heavy (non-hydrogen) atoms. The Bertz CT molecular complexity index is 2800. The number of fused-ring (bicyclic) bond motifs is 8. The summed E-state index contributed by atoms with van der Waals surface area (Å²) in [6.07, 6.45) is 10.4. The zero-order valence-electron chi connectivity index (χ0n) is 32.5. The zero-order chi connectivity index (χ0) is 38.2. The van der Waals surface area contributed by atoms with E-state index >= 15 is 0 Å². The molecule has 0 bridgehead atoms. The maximum Gasteiger partial charge on any atom is 0.0543 e. The molecule has 0 amide bonds. The van der Waals surface area contributed by atoms with E-state index in [0.717, 1.165) is 36.8 Å². The highest BCUT2D eigenvalue weighted by Crippen LogP contribution is 2.59. The first kappa shape index (κ1) is 35.7. The van der Waals surface area contributed by atoms with Crippen molar-refractivity contribution in [3.8, 4) is 22.3 Å². The lowest BCUT2D eigenvalue weighted by molar-refractivity contribution is 0.436. The Morgan fingerprint density at radius 2 is 1.32 bits per heavy atom. The third-order valence-electron chi connectivity index (χ3n) is 11.8. The number of rotatable bonds is 11. The van der Waals surface area contributed by atoms with Crippen LogP contribution >= 0.6 is 8.19 Å². The molecule has 0 fully saturated rings. The standard InChI is InChI=1S/C53H47N2P/c1-5-15-39(35-54-4)37-24-22-36(23-25-37)38-26-28-46-47(32-38)53(30-6-2,31-7-3)48-34-49(42-18-11-12-20-45(42)52(46)48)55(40-16-9-8-10-17-40)41-27-29-44-43-19-13-14-21-50(43)56-51(44)33-41/h5,8-29,32-35,56H,4,6-7,30-31H2,1-3H3/b15-5-,39-35+. The fourth-order valence-corrected chi connectivity index (χ4v) is 10.9. The molecule has 0 saturated heterocycles. The third kappa shape index (κ3) is 5.92. The molecule has 9 rings (SSSR count). The first-order valence-electron chi connectivity index (χ1n) is 20.0. The lowest BCUT2D eigenvalue weighted by Gasteiger charge is -2.34. The van der Waals surface area contributed by atoms with Crippen molar-refractivity contribution in [3.63, 3.8) is 0 Å². The molecule has 7 aromatic carbocycles. The van der Waals surface area contributed by atoms with Crippen LogP contribution in [0.15, 0.2) is 169 Å². The van der Waals surface area contributed by atoms with Gasteiger partial charge in [-0.3, -0.25) is 4.99 Å². The predicted molar refractivity (Wildman–Crippen MR) is 247 cm³/mol. The number of anilines is 3. The molecule has 274 valence electrons. The van der Waals surface area contributed by atoms with Crippen LogP contribution in [0.25, 0.3) is 59.6 Å². The van der Waals surface area contributed by atoms with Crippen molar-refractivity contribution in [3.05, 3.63) is 181 Å². The SMILES string of the molecule is C=N/C=C(\C=C/C)c1ccc(-c2ccc3c(c2)C(CCC)(CCC)c2cc(N(c4ccccc4)c4ccc5c(c4)[pH]c4ccccc45)c4ccccc4c2-3)cc1. The van der Waals surface area contributed by atoms with Crippen LogP contribution in [0.2, 0.25) is 0 Å². The Morgan fingerprint density at radius 1 is 0.643 bits per heavy atom. The van der Waals surface area contributed by atoms with E-state index in [4.69, 9.17) is 0 Å². The highest BCUT2D eigenvalue weighted by molar-refractivity contribution is 7.43. The second-order valence-electron chi connectivity index (χ2n) is 15.1. The van der Waals surface area contributed by atoms with Crippen molar-refractivity contribution in [1.82, 2.24) is 0 Å². The fourth-order valence-electron chi connectivity index (χ4n) is 9.54. The second-order valence-corrected chi connectivity index (χ2v) is 16.4. The molecule has 0 N–H and O–H groups in total. The number of nitrogens with zero attached hydrogens (tertiary/aromatic N) is 2. The van der Waals surface area contributed by atoms with Gasteiger partial charge in [0.1, 0.15) is 0 Å². The van der Waals surface area contributed by atoms with Gasteiger partial charge in [-0.1, -0.05) is 148 Å². The first-order chi connectivity index (χ1) is 27.6. The van der Waals surface area contributed by atoms with Crippen LogP contribution in [0.3, 0.4) is 0 Å². The van der Waals surface area contributed by atoms with Gasteiger partial charge in [0.2, 0.25) is 0 Å². The van der Waals surface area contributed by atoms with Gasteiger partial charge in [-0.15, -0.1) is 8.19 Å². The van der Waals surface area contributed by atoms with Crippen molar-refractivity contribution in [2.75, 3.05) is 4.90 Å². The van der Waals surface area contributed by atoms with E-state index in [2.05, 4.69) is 182 Å². The average molecular weight is 743 g/mol. The average Bonchev–Trinajstić information content (AvgIpc) is 3.74. The van der Waals surface area contributed by atoms with Crippen LogP contribution in [0.1, 0.15) is 63.1 Å². The molecular formula is C53H47N2P. The van der Waals surface area contributed by atoms with E-state index in [1.165, 1.54) is 82.2 Å². The van der Waals surface area contributed by atoms with E-state index in [9.17, 15) is 0 Å². The lowest BCUT2D eigenvalue weighted by Crippen LogP contribution is -2.25. The summed E-state index contributed by atoms with van der Waals surface area (Å²) in [6.45, 7) is 10.4. The molecule has 0 spiro atoms. The van der Waals surface area contributed by atoms with Crippen LogP contribution in [-0.4, -0.2) is 6.72 Å². The quantitative estimate of drug-likeness (QED) is 0.0952.